The van der Waals surface area contributed by atoms with Gasteiger partial charge < -0.3 is 25.2 Å². The molecule has 0 spiro atoms. The van der Waals surface area contributed by atoms with E-state index >= 15 is 0 Å². The summed E-state index contributed by atoms with van der Waals surface area (Å²) in [6.45, 7) is 10.4. The number of nitrogens with one attached hydrogen (secondary N) is 2. The maximum Gasteiger partial charge on any atom is 0.223 e. The van der Waals surface area contributed by atoms with Crippen LogP contribution in [0.5, 0.6) is 0 Å². The van der Waals surface area contributed by atoms with Crippen LogP contribution in [-0.2, 0) is 22.6 Å². The smallest absolute Gasteiger partial charge is 0.223 e. The summed E-state index contributed by atoms with van der Waals surface area (Å²) in [5.41, 5.74) is 2.55. The van der Waals surface area contributed by atoms with Crippen LogP contribution in [0.4, 0.5) is 0 Å². The number of likely N-dealkylation sites (tertiary alicyclic amines) is 1. The lowest BCUT2D eigenvalue weighted by molar-refractivity contribution is -0.131. The summed E-state index contributed by atoms with van der Waals surface area (Å²) in [5.74, 6) is 1.07. The van der Waals surface area contributed by atoms with Gasteiger partial charge in [-0.3, -0.25) is 9.79 Å². The normalized spacial score (nSPS) is 17.2. The second-order valence-electron chi connectivity index (χ2n) is 8.80. The molecule has 0 atom stereocenters. The molecule has 8 heteroatoms. The third-order valence-electron chi connectivity index (χ3n) is 6.06. The summed E-state index contributed by atoms with van der Waals surface area (Å²) in [4.78, 5) is 21.3. The Morgan fingerprint density at radius 1 is 1.19 bits per heavy atom. The Morgan fingerprint density at radius 3 is 2.44 bits per heavy atom. The first-order valence-corrected chi connectivity index (χ1v) is 11.7. The third-order valence-corrected chi connectivity index (χ3v) is 6.06. The van der Waals surface area contributed by atoms with Gasteiger partial charge in [0, 0.05) is 58.8 Å². The van der Waals surface area contributed by atoms with Gasteiger partial charge in [0.1, 0.15) is 0 Å². The Hall–Kier alpha value is -1.39. The van der Waals surface area contributed by atoms with Crippen LogP contribution in [0.1, 0.15) is 50.7 Å². The molecule has 32 heavy (non-hydrogen) atoms. The molecule has 0 aliphatic carbocycles. The van der Waals surface area contributed by atoms with Gasteiger partial charge in [0.05, 0.1) is 12.7 Å². The Morgan fingerprint density at radius 2 is 1.84 bits per heavy atom. The standard InChI is InChI=1S/C24H39N5O2.HI/c1-19(2)31-16-15-28-13-10-22(11-14-28)27-24(25-3)26-12-6-9-23(30)29-17-20-7-4-5-8-21(20)18-29;/h4-5,7-8,19,22H,6,9-18H2,1-3H3,(H2,25,26,27);1H. The minimum absolute atomic E-state index is 0. The Kier molecular flexibility index (Phi) is 11.7. The lowest BCUT2D eigenvalue weighted by Gasteiger charge is -2.33. The third kappa shape index (κ3) is 8.51. The predicted octanol–water partition coefficient (Wildman–Crippen LogP) is 2.98. The highest BCUT2D eigenvalue weighted by Crippen LogP contribution is 2.22. The van der Waals surface area contributed by atoms with Crippen LogP contribution in [0.15, 0.2) is 29.3 Å². The number of fused-ring (bicyclic) bond motifs is 1. The molecular weight excluding hydrogens is 517 g/mol. The van der Waals surface area contributed by atoms with Crippen molar-refractivity contribution in [2.45, 2.75) is 64.8 Å². The highest BCUT2D eigenvalue weighted by Gasteiger charge is 2.22. The van der Waals surface area contributed by atoms with Crippen LogP contribution in [-0.4, -0.2) is 73.6 Å². The second kappa shape index (κ2) is 14.0. The van der Waals surface area contributed by atoms with Crippen LogP contribution >= 0.6 is 24.0 Å². The summed E-state index contributed by atoms with van der Waals surface area (Å²) < 4.78 is 5.66. The number of amides is 1. The van der Waals surface area contributed by atoms with Crippen molar-refractivity contribution >= 4 is 35.8 Å². The van der Waals surface area contributed by atoms with Crippen LogP contribution in [0, 0.1) is 0 Å². The molecule has 1 saturated heterocycles. The molecule has 2 heterocycles. The maximum absolute atomic E-state index is 12.5. The van der Waals surface area contributed by atoms with Gasteiger partial charge in [0.2, 0.25) is 5.91 Å². The molecule has 1 fully saturated rings. The van der Waals surface area contributed by atoms with Gasteiger partial charge in [-0.15, -0.1) is 24.0 Å². The van der Waals surface area contributed by atoms with Gasteiger partial charge in [-0.2, -0.15) is 0 Å². The SMILES string of the molecule is CN=C(NCCCC(=O)N1Cc2ccccc2C1)NC1CCN(CCOC(C)C)CC1.I. The number of hydrogen-bond donors (Lipinski definition) is 2. The van der Waals surface area contributed by atoms with E-state index in [0.717, 1.165) is 71.1 Å². The van der Waals surface area contributed by atoms with Crippen molar-refractivity contribution in [3.8, 4) is 0 Å². The Labute approximate surface area is 210 Å². The first kappa shape index (κ1) is 26.9. The molecule has 0 radical (unpaired) electrons. The van der Waals surface area contributed by atoms with Gasteiger partial charge in [-0.1, -0.05) is 24.3 Å². The summed E-state index contributed by atoms with van der Waals surface area (Å²) in [7, 11) is 1.81. The van der Waals surface area contributed by atoms with Crippen molar-refractivity contribution in [2.75, 3.05) is 39.8 Å². The van der Waals surface area contributed by atoms with E-state index in [1.165, 1.54) is 11.1 Å². The molecule has 2 aliphatic heterocycles. The quantitative estimate of drug-likeness (QED) is 0.212. The molecule has 1 aromatic rings. The van der Waals surface area contributed by atoms with Gasteiger partial charge in [-0.25, -0.2) is 0 Å². The molecule has 0 aromatic heterocycles. The number of aliphatic imine (C=N–C) groups is 1. The number of rotatable bonds is 9. The fourth-order valence-electron chi connectivity index (χ4n) is 4.22. The monoisotopic (exact) mass is 557 g/mol. The Balaban J connectivity index is 0.00000363. The van der Waals surface area contributed by atoms with E-state index in [0.29, 0.717) is 18.6 Å². The average Bonchev–Trinajstić information content (AvgIpc) is 3.21. The zero-order chi connectivity index (χ0) is 22.1. The van der Waals surface area contributed by atoms with E-state index in [1.54, 1.807) is 7.05 Å². The number of benzene rings is 1. The molecule has 0 bridgehead atoms. The van der Waals surface area contributed by atoms with Gasteiger partial charge in [-0.05, 0) is 44.2 Å². The van der Waals surface area contributed by atoms with Crippen molar-refractivity contribution in [2.24, 2.45) is 4.99 Å². The summed E-state index contributed by atoms with van der Waals surface area (Å²) in [6.07, 6.45) is 3.89. The van der Waals surface area contributed by atoms with Gasteiger partial charge in [0.25, 0.3) is 0 Å². The van der Waals surface area contributed by atoms with Gasteiger partial charge in [0.15, 0.2) is 5.96 Å². The first-order chi connectivity index (χ1) is 15.0. The molecule has 1 aromatic carbocycles. The topological polar surface area (TPSA) is 69.2 Å². The lowest BCUT2D eigenvalue weighted by atomic mass is 10.1. The van der Waals surface area contributed by atoms with Crippen LogP contribution in [0.2, 0.25) is 0 Å². The van der Waals surface area contributed by atoms with Crippen molar-refractivity contribution in [3.05, 3.63) is 35.4 Å². The summed E-state index contributed by atoms with van der Waals surface area (Å²) >= 11 is 0. The van der Waals surface area contributed by atoms with Crippen molar-refractivity contribution in [3.63, 3.8) is 0 Å². The van der Waals surface area contributed by atoms with Crippen molar-refractivity contribution < 1.29 is 9.53 Å². The number of guanidine groups is 1. The van der Waals surface area contributed by atoms with E-state index in [2.05, 4.69) is 46.5 Å². The highest BCUT2D eigenvalue weighted by molar-refractivity contribution is 14.0. The zero-order valence-electron chi connectivity index (χ0n) is 19.8. The average molecular weight is 558 g/mol. The molecule has 7 nitrogen and oxygen atoms in total. The second-order valence-corrected chi connectivity index (χ2v) is 8.80. The number of ether oxygens (including phenoxy) is 1. The van der Waals surface area contributed by atoms with E-state index in [4.69, 9.17) is 4.74 Å². The number of hydrogen-bond acceptors (Lipinski definition) is 4. The number of halogens is 1. The fourth-order valence-corrected chi connectivity index (χ4v) is 4.22. The van der Waals surface area contributed by atoms with Crippen LogP contribution < -0.4 is 10.6 Å². The van der Waals surface area contributed by atoms with E-state index in [9.17, 15) is 4.79 Å². The van der Waals surface area contributed by atoms with E-state index < -0.39 is 0 Å². The van der Waals surface area contributed by atoms with E-state index in [-0.39, 0.29) is 29.9 Å². The predicted molar refractivity (Wildman–Crippen MR) is 140 cm³/mol. The van der Waals surface area contributed by atoms with Crippen molar-refractivity contribution in [1.82, 2.24) is 20.4 Å². The lowest BCUT2D eigenvalue weighted by Crippen LogP contribution is -2.49. The zero-order valence-corrected chi connectivity index (χ0v) is 22.1. The maximum atomic E-state index is 12.5. The molecular formula is C24H40IN5O2. The molecule has 2 aliphatic rings. The molecule has 0 unspecified atom stereocenters. The largest absolute Gasteiger partial charge is 0.377 e. The minimum Gasteiger partial charge on any atom is -0.377 e. The molecule has 0 saturated carbocycles. The number of carbonyl (C=O) groups excluding carboxylic acids is 1. The molecule has 180 valence electrons. The fraction of sp³-hybridized carbons (Fsp3) is 0.667. The highest BCUT2D eigenvalue weighted by atomic mass is 127. The summed E-state index contributed by atoms with van der Waals surface area (Å²) in [5, 5.41) is 6.91. The number of nitrogens with zero attached hydrogens (tertiary/aromatic N) is 3. The molecule has 2 N–H and O–H groups in total. The van der Waals surface area contributed by atoms with Crippen LogP contribution in [0.3, 0.4) is 0 Å². The van der Waals surface area contributed by atoms with Crippen LogP contribution in [0.25, 0.3) is 0 Å². The van der Waals surface area contributed by atoms with E-state index in [1.807, 2.05) is 17.0 Å². The van der Waals surface area contributed by atoms with Gasteiger partial charge >= 0.3 is 0 Å². The number of piperidine rings is 1. The number of carbonyl (C=O) groups is 1. The van der Waals surface area contributed by atoms with Crippen molar-refractivity contribution in [1.29, 1.82) is 0 Å². The Bertz CT molecular complexity index is 710. The minimum atomic E-state index is 0. The summed E-state index contributed by atoms with van der Waals surface area (Å²) in [6, 6.07) is 8.76. The molecule has 3 rings (SSSR count). The molecule has 1 amide bonds. The first-order valence-electron chi connectivity index (χ1n) is 11.7.